The molecule has 0 spiro atoms. The molecule has 2 fully saturated rings. The van der Waals surface area contributed by atoms with Crippen molar-refractivity contribution in [3.05, 3.63) is 0 Å². The van der Waals surface area contributed by atoms with E-state index in [1.54, 1.807) is 11.9 Å². The first-order valence-corrected chi connectivity index (χ1v) is 6.21. The first kappa shape index (κ1) is 12.7. The lowest BCUT2D eigenvalue weighted by Crippen LogP contribution is -2.55. The quantitative estimate of drug-likeness (QED) is 0.738. The topological polar surface area (TPSA) is 39.1 Å². The third kappa shape index (κ3) is 3.36. The van der Waals surface area contributed by atoms with Gasteiger partial charge in [0.15, 0.2) is 0 Å². The molecule has 96 valence electrons. The number of nitriles is 1. The van der Waals surface area contributed by atoms with Gasteiger partial charge < -0.3 is 0 Å². The fourth-order valence-electron chi connectivity index (χ4n) is 2.35. The number of hydrogen-bond donors (Lipinski definition) is 1. The molecule has 5 heteroatoms. The molecule has 2 aliphatic rings. The average molecular weight is 243 g/mol. The Morgan fingerprint density at radius 3 is 2.47 bits per heavy atom. The maximum absolute atomic E-state index is 12.3. The van der Waals surface area contributed by atoms with E-state index in [1.807, 2.05) is 0 Å². The molecule has 17 heavy (non-hydrogen) atoms. The number of nitrogens with one attached hydrogen (secondary N) is 1. The Kier molecular flexibility index (Phi) is 3.64. The molecule has 1 N–H and O–H groups in total. The van der Waals surface area contributed by atoms with E-state index in [1.165, 1.54) is 0 Å². The molecular weight excluding hydrogens is 224 g/mol. The van der Waals surface area contributed by atoms with Gasteiger partial charge in [-0.1, -0.05) is 0 Å². The van der Waals surface area contributed by atoms with Crippen LogP contribution in [-0.2, 0) is 0 Å². The van der Waals surface area contributed by atoms with Gasteiger partial charge in [0.2, 0.25) is 0 Å². The van der Waals surface area contributed by atoms with Gasteiger partial charge >= 0.3 is 0 Å². The van der Waals surface area contributed by atoms with Crippen molar-refractivity contribution in [2.75, 3.05) is 20.1 Å². The summed E-state index contributed by atoms with van der Waals surface area (Å²) >= 11 is 0. The van der Waals surface area contributed by atoms with Crippen molar-refractivity contribution < 1.29 is 8.78 Å². The van der Waals surface area contributed by atoms with Gasteiger partial charge in [-0.2, -0.15) is 5.26 Å². The molecule has 2 aliphatic carbocycles. The predicted octanol–water partition coefficient (Wildman–Crippen LogP) is 1.61. The zero-order chi connectivity index (χ0) is 12.5. The molecule has 0 heterocycles. The standard InChI is InChI=1S/C12H19F2N3/c1-17(6-11(13)14)8-12(7-15,9-2-3-9)16-10-4-5-10/h9-11,16H,2-6,8H2,1H3. The lowest BCUT2D eigenvalue weighted by molar-refractivity contribution is 0.0879. The van der Waals surface area contributed by atoms with Crippen LogP contribution in [0, 0.1) is 17.2 Å². The summed E-state index contributed by atoms with van der Waals surface area (Å²) in [5.41, 5.74) is -0.606. The molecule has 2 rings (SSSR count). The van der Waals surface area contributed by atoms with Crippen molar-refractivity contribution in [3.8, 4) is 6.07 Å². The second kappa shape index (κ2) is 4.87. The normalized spacial score (nSPS) is 23.8. The van der Waals surface area contributed by atoms with Crippen molar-refractivity contribution in [1.82, 2.24) is 10.2 Å². The molecule has 1 unspecified atom stereocenters. The molecule has 0 aliphatic heterocycles. The molecule has 0 bridgehead atoms. The van der Waals surface area contributed by atoms with Crippen molar-refractivity contribution in [1.29, 1.82) is 5.26 Å². The van der Waals surface area contributed by atoms with Crippen LogP contribution in [0.15, 0.2) is 0 Å². The van der Waals surface area contributed by atoms with Gasteiger partial charge in [0.25, 0.3) is 6.43 Å². The maximum Gasteiger partial charge on any atom is 0.251 e. The van der Waals surface area contributed by atoms with E-state index in [2.05, 4.69) is 11.4 Å². The van der Waals surface area contributed by atoms with E-state index in [4.69, 9.17) is 0 Å². The minimum Gasteiger partial charge on any atom is -0.298 e. The van der Waals surface area contributed by atoms with Crippen LogP contribution in [-0.4, -0.2) is 43.0 Å². The van der Waals surface area contributed by atoms with Crippen LogP contribution in [0.5, 0.6) is 0 Å². The first-order valence-electron chi connectivity index (χ1n) is 6.21. The first-order chi connectivity index (χ1) is 8.05. The number of hydrogen-bond acceptors (Lipinski definition) is 3. The van der Waals surface area contributed by atoms with Crippen molar-refractivity contribution in [2.45, 2.75) is 43.7 Å². The molecule has 1 atom stereocenters. The second-order valence-electron chi connectivity index (χ2n) is 5.36. The van der Waals surface area contributed by atoms with Crippen LogP contribution in [0.1, 0.15) is 25.7 Å². The molecule has 3 nitrogen and oxygen atoms in total. The van der Waals surface area contributed by atoms with E-state index >= 15 is 0 Å². The highest BCUT2D eigenvalue weighted by atomic mass is 19.3. The second-order valence-corrected chi connectivity index (χ2v) is 5.36. The number of alkyl halides is 2. The lowest BCUT2D eigenvalue weighted by atomic mass is 9.94. The number of nitrogens with zero attached hydrogens (tertiary/aromatic N) is 2. The lowest BCUT2D eigenvalue weighted by Gasteiger charge is -2.32. The Morgan fingerprint density at radius 1 is 1.41 bits per heavy atom. The van der Waals surface area contributed by atoms with Crippen LogP contribution in [0.2, 0.25) is 0 Å². The SMILES string of the molecule is CN(CC(F)F)CC(C#N)(NC1CC1)C1CC1. The zero-order valence-electron chi connectivity index (χ0n) is 10.1. The van der Waals surface area contributed by atoms with Gasteiger partial charge in [0, 0.05) is 12.6 Å². The zero-order valence-corrected chi connectivity index (χ0v) is 10.1. The molecule has 0 radical (unpaired) electrons. The third-order valence-electron chi connectivity index (χ3n) is 3.48. The highest BCUT2D eigenvalue weighted by Crippen LogP contribution is 2.41. The smallest absolute Gasteiger partial charge is 0.251 e. The highest BCUT2D eigenvalue weighted by molar-refractivity contribution is 5.18. The fourth-order valence-corrected chi connectivity index (χ4v) is 2.35. The summed E-state index contributed by atoms with van der Waals surface area (Å²) in [6, 6.07) is 2.78. The minimum atomic E-state index is -2.34. The fraction of sp³-hybridized carbons (Fsp3) is 0.917. The number of halogens is 2. The van der Waals surface area contributed by atoms with Gasteiger partial charge in [-0.3, -0.25) is 10.2 Å². The molecule has 0 aromatic carbocycles. The Bertz CT molecular complexity index is 307. The summed E-state index contributed by atoms with van der Waals surface area (Å²) in [4.78, 5) is 1.57. The summed E-state index contributed by atoms with van der Waals surface area (Å²) in [5, 5.41) is 12.8. The van der Waals surface area contributed by atoms with E-state index < -0.39 is 12.0 Å². The van der Waals surface area contributed by atoms with Crippen molar-refractivity contribution in [2.24, 2.45) is 5.92 Å². The largest absolute Gasteiger partial charge is 0.298 e. The van der Waals surface area contributed by atoms with Crippen LogP contribution in [0.25, 0.3) is 0 Å². The van der Waals surface area contributed by atoms with E-state index in [0.717, 1.165) is 25.7 Å². The molecule has 0 saturated heterocycles. The van der Waals surface area contributed by atoms with E-state index in [0.29, 0.717) is 18.5 Å². The summed E-state index contributed by atoms with van der Waals surface area (Å²) in [5.74, 6) is 0.341. The minimum absolute atomic E-state index is 0.261. The van der Waals surface area contributed by atoms with Crippen LogP contribution >= 0.6 is 0 Å². The van der Waals surface area contributed by atoms with Gasteiger partial charge in [0.1, 0.15) is 5.54 Å². The van der Waals surface area contributed by atoms with Gasteiger partial charge in [-0.25, -0.2) is 8.78 Å². The Balaban J connectivity index is 1.96. The Morgan fingerprint density at radius 2 is 2.06 bits per heavy atom. The van der Waals surface area contributed by atoms with Gasteiger partial charge in [-0.15, -0.1) is 0 Å². The summed E-state index contributed by atoms with van der Waals surface area (Å²) in [7, 11) is 1.66. The molecule has 0 aromatic rings. The Labute approximate surface area is 101 Å². The van der Waals surface area contributed by atoms with Crippen LogP contribution < -0.4 is 5.32 Å². The monoisotopic (exact) mass is 243 g/mol. The van der Waals surface area contributed by atoms with Gasteiger partial charge in [0.05, 0.1) is 12.6 Å². The summed E-state index contributed by atoms with van der Waals surface area (Å²) < 4.78 is 24.6. The van der Waals surface area contributed by atoms with E-state index in [-0.39, 0.29) is 6.54 Å². The predicted molar refractivity (Wildman–Crippen MR) is 60.7 cm³/mol. The summed E-state index contributed by atoms with van der Waals surface area (Å²) in [6.07, 6.45) is 1.95. The average Bonchev–Trinajstić information content (AvgIpc) is 3.09. The molecule has 0 aromatic heterocycles. The summed E-state index contributed by atoms with van der Waals surface area (Å²) in [6.45, 7) is 0.136. The molecular formula is C12H19F2N3. The third-order valence-corrected chi connectivity index (χ3v) is 3.48. The van der Waals surface area contributed by atoms with Crippen molar-refractivity contribution in [3.63, 3.8) is 0 Å². The van der Waals surface area contributed by atoms with Gasteiger partial charge in [-0.05, 0) is 38.6 Å². The van der Waals surface area contributed by atoms with Crippen molar-refractivity contribution >= 4 is 0 Å². The molecule has 2 saturated carbocycles. The number of likely N-dealkylation sites (N-methyl/N-ethyl adjacent to an activating group) is 1. The Hall–Kier alpha value is -0.730. The van der Waals surface area contributed by atoms with E-state index in [9.17, 15) is 14.0 Å². The maximum atomic E-state index is 12.3. The number of rotatable bonds is 7. The van der Waals surface area contributed by atoms with Crippen LogP contribution in [0.4, 0.5) is 8.78 Å². The van der Waals surface area contributed by atoms with Crippen LogP contribution in [0.3, 0.4) is 0 Å². The molecule has 0 amide bonds. The highest BCUT2D eigenvalue weighted by Gasteiger charge is 2.48.